The summed E-state index contributed by atoms with van der Waals surface area (Å²) in [4.78, 5) is 12.1. The summed E-state index contributed by atoms with van der Waals surface area (Å²) in [5, 5.41) is 11.3. The third kappa shape index (κ3) is 1.65. The number of fused-ring (bicyclic) bond motifs is 1. The first-order valence-electron chi connectivity index (χ1n) is 6.29. The fourth-order valence-electron chi connectivity index (χ4n) is 3.25. The Morgan fingerprint density at radius 2 is 2.06 bits per heavy atom. The minimum atomic E-state index is -0.201. The van der Waals surface area contributed by atoms with Crippen LogP contribution >= 0.6 is 0 Å². The summed E-state index contributed by atoms with van der Waals surface area (Å²) in [5.41, 5.74) is 1.76. The van der Waals surface area contributed by atoms with Crippen LogP contribution in [-0.4, -0.2) is 17.5 Å². The molecule has 17 heavy (non-hydrogen) atoms. The van der Waals surface area contributed by atoms with Crippen molar-refractivity contribution in [3.05, 3.63) is 29.8 Å². The number of carbonyl (C=O) groups excluding carboxylic acids is 1. The Labute approximate surface area is 101 Å². The largest absolute Gasteiger partial charge is 0.299 e. The molecule has 3 heteroatoms. The molecule has 1 aromatic rings. The van der Waals surface area contributed by atoms with Gasteiger partial charge >= 0.3 is 0 Å². The van der Waals surface area contributed by atoms with Crippen LogP contribution in [0.1, 0.15) is 31.2 Å². The molecule has 1 aromatic carbocycles. The Morgan fingerprint density at radius 1 is 1.24 bits per heavy atom. The van der Waals surface area contributed by atoms with E-state index < -0.39 is 0 Å². The highest BCUT2D eigenvalue weighted by Gasteiger charge is 2.43. The van der Waals surface area contributed by atoms with Crippen LogP contribution in [0, 0.1) is 5.41 Å². The molecule has 0 saturated heterocycles. The Kier molecular flexibility index (Phi) is 2.44. The number of Topliss-reactive ketones (excluding diaryl/α,β-unsaturated/α-hetero) is 1. The van der Waals surface area contributed by atoms with E-state index >= 15 is 0 Å². The molecule has 1 aliphatic carbocycles. The Hall–Kier alpha value is -1.35. The first-order valence-corrected chi connectivity index (χ1v) is 6.29. The maximum absolute atomic E-state index is 12.1. The van der Waals surface area contributed by atoms with Crippen molar-refractivity contribution in [3.8, 4) is 0 Å². The molecule has 3 rings (SSSR count). The molecule has 90 valence electrons. The molecular formula is C14H17NO2. The predicted octanol–water partition coefficient (Wildman–Crippen LogP) is 2.57. The van der Waals surface area contributed by atoms with Crippen molar-refractivity contribution in [2.75, 3.05) is 11.6 Å². The molecule has 1 spiro atoms. The standard InChI is InChI=1S/C14H17NO2/c16-13-6-3-7-14(13)8-9-15(17)12-5-2-1-4-11(12)10-14/h1-2,4-5,17H,3,6-10H2. The van der Waals surface area contributed by atoms with Crippen molar-refractivity contribution in [3.63, 3.8) is 0 Å². The quantitative estimate of drug-likeness (QED) is 0.746. The van der Waals surface area contributed by atoms with Gasteiger partial charge in [-0.1, -0.05) is 18.2 Å². The number of hydroxylamine groups is 1. The second-order valence-electron chi connectivity index (χ2n) is 5.24. The Bertz CT molecular complexity index is 457. The third-order valence-corrected chi connectivity index (χ3v) is 4.25. The second kappa shape index (κ2) is 3.84. The number of nitrogens with zero attached hydrogens (tertiary/aromatic N) is 1. The zero-order valence-electron chi connectivity index (χ0n) is 9.85. The number of benzene rings is 1. The molecule has 1 heterocycles. The zero-order valence-corrected chi connectivity index (χ0v) is 9.85. The third-order valence-electron chi connectivity index (χ3n) is 4.25. The van der Waals surface area contributed by atoms with Gasteiger partial charge in [-0.3, -0.25) is 15.1 Å². The van der Waals surface area contributed by atoms with Gasteiger partial charge in [0.1, 0.15) is 5.78 Å². The first kappa shape index (κ1) is 10.8. The van der Waals surface area contributed by atoms with Gasteiger partial charge in [0.05, 0.1) is 5.69 Å². The van der Waals surface area contributed by atoms with E-state index in [9.17, 15) is 10.0 Å². The van der Waals surface area contributed by atoms with Crippen molar-refractivity contribution >= 4 is 11.5 Å². The average molecular weight is 231 g/mol. The molecule has 0 bridgehead atoms. The van der Waals surface area contributed by atoms with Crippen molar-refractivity contribution < 1.29 is 10.0 Å². The van der Waals surface area contributed by atoms with Gasteiger partial charge < -0.3 is 0 Å². The summed E-state index contributed by atoms with van der Waals surface area (Å²) in [6, 6.07) is 7.85. The van der Waals surface area contributed by atoms with Crippen molar-refractivity contribution in [2.45, 2.75) is 32.1 Å². The summed E-state index contributed by atoms with van der Waals surface area (Å²) >= 11 is 0. The highest BCUT2D eigenvalue weighted by molar-refractivity contribution is 5.87. The molecule has 1 unspecified atom stereocenters. The molecule has 0 aromatic heterocycles. The molecule has 2 aliphatic rings. The molecule has 3 nitrogen and oxygen atoms in total. The summed E-state index contributed by atoms with van der Waals surface area (Å²) in [6.07, 6.45) is 4.27. The molecule has 1 atom stereocenters. The summed E-state index contributed by atoms with van der Waals surface area (Å²) in [6.45, 7) is 0.558. The Morgan fingerprint density at radius 3 is 2.82 bits per heavy atom. The number of rotatable bonds is 0. The monoisotopic (exact) mass is 231 g/mol. The van der Waals surface area contributed by atoms with E-state index in [0.717, 1.165) is 36.9 Å². The van der Waals surface area contributed by atoms with Crippen LogP contribution in [-0.2, 0) is 11.2 Å². The van der Waals surface area contributed by atoms with Gasteiger partial charge in [0.2, 0.25) is 0 Å². The van der Waals surface area contributed by atoms with Gasteiger partial charge in [-0.25, -0.2) is 0 Å². The maximum Gasteiger partial charge on any atom is 0.139 e. The molecule has 1 aliphatic heterocycles. The van der Waals surface area contributed by atoms with Gasteiger partial charge in [-0.05, 0) is 37.3 Å². The lowest BCUT2D eigenvalue weighted by atomic mass is 9.77. The maximum atomic E-state index is 12.1. The first-order chi connectivity index (χ1) is 8.21. The summed E-state index contributed by atoms with van der Waals surface area (Å²) in [5.74, 6) is 0.391. The lowest BCUT2D eigenvalue weighted by molar-refractivity contribution is -0.126. The highest BCUT2D eigenvalue weighted by Crippen LogP contribution is 2.44. The summed E-state index contributed by atoms with van der Waals surface area (Å²) < 4.78 is 0. The lowest BCUT2D eigenvalue weighted by Crippen LogP contribution is -2.30. The van der Waals surface area contributed by atoms with Crippen LogP contribution in [0.25, 0.3) is 0 Å². The van der Waals surface area contributed by atoms with Crippen LogP contribution in [0.5, 0.6) is 0 Å². The van der Waals surface area contributed by atoms with Crippen LogP contribution in [0.3, 0.4) is 0 Å². The van der Waals surface area contributed by atoms with E-state index in [0.29, 0.717) is 18.7 Å². The molecule has 1 saturated carbocycles. The van der Waals surface area contributed by atoms with E-state index in [1.54, 1.807) is 0 Å². The van der Waals surface area contributed by atoms with E-state index in [-0.39, 0.29) is 5.41 Å². The number of para-hydroxylation sites is 1. The molecular weight excluding hydrogens is 214 g/mol. The summed E-state index contributed by atoms with van der Waals surface area (Å²) in [7, 11) is 0. The van der Waals surface area contributed by atoms with E-state index in [4.69, 9.17) is 0 Å². The predicted molar refractivity (Wildman–Crippen MR) is 65.2 cm³/mol. The van der Waals surface area contributed by atoms with Gasteiger partial charge in [0.25, 0.3) is 0 Å². The van der Waals surface area contributed by atoms with Gasteiger partial charge in [0, 0.05) is 18.4 Å². The van der Waals surface area contributed by atoms with Crippen LogP contribution in [0.2, 0.25) is 0 Å². The second-order valence-corrected chi connectivity index (χ2v) is 5.24. The highest BCUT2D eigenvalue weighted by atomic mass is 16.5. The average Bonchev–Trinajstić information content (AvgIpc) is 2.61. The smallest absolute Gasteiger partial charge is 0.139 e. The number of ketones is 1. The fraction of sp³-hybridized carbons (Fsp3) is 0.500. The van der Waals surface area contributed by atoms with E-state index in [1.807, 2.05) is 24.3 Å². The number of anilines is 1. The molecule has 1 N–H and O–H groups in total. The van der Waals surface area contributed by atoms with E-state index in [1.165, 1.54) is 5.06 Å². The molecule has 1 fully saturated rings. The van der Waals surface area contributed by atoms with Gasteiger partial charge in [-0.2, -0.15) is 0 Å². The van der Waals surface area contributed by atoms with Crippen molar-refractivity contribution in [2.24, 2.45) is 5.41 Å². The lowest BCUT2D eigenvalue weighted by Gasteiger charge is -2.25. The molecule has 0 radical (unpaired) electrons. The van der Waals surface area contributed by atoms with Crippen molar-refractivity contribution in [1.82, 2.24) is 0 Å². The van der Waals surface area contributed by atoms with E-state index in [2.05, 4.69) is 0 Å². The topological polar surface area (TPSA) is 40.5 Å². The number of hydrogen-bond acceptors (Lipinski definition) is 3. The molecule has 0 amide bonds. The van der Waals surface area contributed by atoms with Crippen LogP contribution in [0.15, 0.2) is 24.3 Å². The normalized spacial score (nSPS) is 28.3. The SMILES string of the molecule is O=C1CCCC12CCN(O)c1ccccc1C2. The fourth-order valence-corrected chi connectivity index (χ4v) is 3.25. The number of hydrogen-bond donors (Lipinski definition) is 1. The van der Waals surface area contributed by atoms with Gasteiger partial charge in [-0.15, -0.1) is 0 Å². The Balaban J connectivity index is 2.02. The van der Waals surface area contributed by atoms with Crippen molar-refractivity contribution in [1.29, 1.82) is 0 Å². The zero-order chi connectivity index (χ0) is 11.9. The van der Waals surface area contributed by atoms with Crippen LogP contribution in [0.4, 0.5) is 5.69 Å². The van der Waals surface area contributed by atoms with Gasteiger partial charge in [0.15, 0.2) is 0 Å². The minimum Gasteiger partial charge on any atom is -0.299 e. The van der Waals surface area contributed by atoms with Crippen LogP contribution < -0.4 is 5.06 Å². The minimum absolute atomic E-state index is 0.201. The number of carbonyl (C=O) groups is 1.